The summed E-state index contributed by atoms with van der Waals surface area (Å²) >= 11 is 6.75. The van der Waals surface area contributed by atoms with Crippen molar-refractivity contribution in [2.24, 2.45) is 0 Å². The molecule has 0 bridgehead atoms. The smallest absolute Gasteiger partial charge is 0.267 e. The summed E-state index contributed by atoms with van der Waals surface area (Å²) in [7, 11) is -2.93. The number of hydrogen-bond donors (Lipinski definition) is 0. The van der Waals surface area contributed by atoms with Crippen molar-refractivity contribution >= 4 is 44.0 Å². The maximum absolute atomic E-state index is 12.7. The van der Waals surface area contributed by atoms with E-state index in [4.69, 9.17) is 12.2 Å². The van der Waals surface area contributed by atoms with E-state index in [1.807, 2.05) is 18.0 Å². The Bertz CT molecular complexity index is 638. The van der Waals surface area contributed by atoms with Crippen molar-refractivity contribution in [1.29, 1.82) is 0 Å². The van der Waals surface area contributed by atoms with Crippen molar-refractivity contribution in [2.45, 2.75) is 51.1 Å². The van der Waals surface area contributed by atoms with E-state index < -0.39 is 9.84 Å². The highest BCUT2D eigenvalue weighted by Crippen LogP contribution is 2.37. The molecular weight excluding hydrogens is 352 g/mol. The summed E-state index contributed by atoms with van der Waals surface area (Å²) in [4.78, 5) is 17.1. The Morgan fingerprint density at radius 3 is 2.61 bits per heavy atom. The maximum Gasteiger partial charge on any atom is 0.267 e. The van der Waals surface area contributed by atoms with Crippen LogP contribution in [0.2, 0.25) is 0 Å². The summed E-state index contributed by atoms with van der Waals surface area (Å²) in [5.41, 5.74) is 0. The molecule has 0 N–H and O–H groups in total. The molecule has 2 heterocycles. The van der Waals surface area contributed by atoms with Crippen LogP contribution in [0.25, 0.3) is 0 Å². The third-order valence-electron chi connectivity index (χ3n) is 4.84. The largest absolute Gasteiger partial charge is 0.373 e. The lowest BCUT2D eigenvalue weighted by atomic mass is 10.2. The molecule has 5 nitrogen and oxygen atoms in total. The van der Waals surface area contributed by atoms with Gasteiger partial charge in [0, 0.05) is 24.8 Å². The van der Waals surface area contributed by atoms with Crippen molar-refractivity contribution < 1.29 is 13.2 Å². The second-order valence-corrected chi connectivity index (χ2v) is 10.3. The van der Waals surface area contributed by atoms with Crippen LogP contribution in [-0.4, -0.2) is 58.6 Å². The van der Waals surface area contributed by atoms with Crippen molar-refractivity contribution in [2.75, 3.05) is 18.1 Å². The van der Waals surface area contributed by atoms with Crippen LogP contribution in [0, 0.1) is 0 Å². The first-order valence-electron chi connectivity index (χ1n) is 8.14. The van der Waals surface area contributed by atoms with Crippen LogP contribution in [0.4, 0.5) is 0 Å². The van der Waals surface area contributed by atoms with Gasteiger partial charge in [0.2, 0.25) is 0 Å². The number of amides is 1. The summed E-state index contributed by atoms with van der Waals surface area (Å²) in [6.45, 7) is 2.67. The van der Waals surface area contributed by atoms with Crippen molar-refractivity contribution in [3.8, 4) is 0 Å². The molecule has 3 rings (SSSR count). The SMILES string of the molecule is CCN(/C=C1\SC(=S)N(C2CCCC2)C1=O)[C@H]1CCS(=O)(=O)C1. The summed E-state index contributed by atoms with van der Waals surface area (Å²) in [5.74, 6) is 0.414. The first-order valence-corrected chi connectivity index (χ1v) is 11.2. The number of sulfone groups is 1. The number of carbonyl (C=O) groups is 1. The molecule has 1 atom stereocenters. The highest BCUT2D eigenvalue weighted by Gasteiger charge is 2.39. The third-order valence-corrected chi connectivity index (χ3v) is 7.91. The summed E-state index contributed by atoms with van der Waals surface area (Å²) in [6, 6.07) is 0.218. The van der Waals surface area contributed by atoms with Gasteiger partial charge in [0.05, 0.1) is 16.4 Å². The van der Waals surface area contributed by atoms with Crippen LogP contribution in [0.15, 0.2) is 11.1 Å². The van der Waals surface area contributed by atoms with E-state index in [0.717, 1.165) is 25.7 Å². The minimum absolute atomic E-state index is 0.00814. The fraction of sp³-hybridized carbons (Fsp3) is 0.733. The van der Waals surface area contributed by atoms with E-state index in [0.29, 0.717) is 22.2 Å². The Morgan fingerprint density at radius 2 is 2.04 bits per heavy atom. The molecule has 0 radical (unpaired) electrons. The molecule has 1 aliphatic carbocycles. The fourth-order valence-corrected chi connectivity index (χ4v) is 6.73. The van der Waals surface area contributed by atoms with Crippen LogP contribution >= 0.6 is 24.0 Å². The lowest BCUT2D eigenvalue weighted by Gasteiger charge is -2.25. The van der Waals surface area contributed by atoms with E-state index >= 15 is 0 Å². The van der Waals surface area contributed by atoms with Gasteiger partial charge in [-0.25, -0.2) is 8.42 Å². The van der Waals surface area contributed by atoms with E-state index in [1.54, 1.807) is 4.90 Å². The number of rotatable bonds is 4. The molecule has 3 fully saturated rings. The number of thioether (sulfide) groups is 1. The molecule has 0 aromatic carbocycles. The molecule has 2 aliphatic heterocycles. The van der Waals surface area contributed by atoms with Gasteiger partial charge < -0.3 is 4.90 Å². The standard InChI is InChI=1S/C15H22N2O3S3/c1-2-16(12-7-8-23(19,20)10-12)9-13-14(18)17(15(21)22-13)11-5-3-4-6-11/h9,11-12H,2-8,10H2,1H3/b13-9-/t12-/m0/s1. The highest BCUT2D eigenvalue weighted by molar-refractivity contribution is 8.26. The lowest BCUT2D eigenvalue weighted by molar-refractivity contribution is -0.123. The zero-order valence-corrected chi connectivity index (χ0v) is 15.7. The monoisotopic (exact) mass is 374 g/mol. The van der Waals surface area contributed by atoms with Crippen molar-refractivity contribution in [3.63, 3.8) is 0 Å². The minimum atomic E-state index is -2.93. The Labute approximate surface area is 147 Å². The van der Waals surface area contributed by atoms with Gasteiger partial charge in [-0.2, -0.15) is 0 Å². The van der Waals surface area contributed by atoms with Crippen LogP contribution < -0.4 is 0 Å². The summed E-state index contributed by atoms with van der Waals surface area (Å²) in [5, 5.41) is 0. The molecule has 23 heavy (non-hydrogen) atoms. The quantitative estimate of drug-likeness (QED) is 0.555. The fourth-order valence-electron chi connectivity index (χ4n) is 3.59. The lowest BCUT2D eigenvalue weighted by Crippen LogP contribution is -2.37. The van der Waals surface area contributed by atoms with E-state index in [2.05, 4.69) is 0 Å². The van der Waals surface area contributed by atoms with E-state index in [1.165, 1.54) is 11.8 Å². The Balaban J connectivity index is 1.76. The third kappa shape index (κ3) is 3.58. The molecule has 1 saturated carbocycles. The average Bonchev–Trinajstić information content (AvgIpc) is 3.18. The molecule has 0 aromatic heterocycles. The molecule has 0 aromatic rings. The highest BCUT2D eigenvalue weighted by atomic mass is 32.2. The zero-order valence-electron chi connectivity index (χ0n) is 13.2. The van der Waals surface area contributed by atoms with Gasteiger partial charge in [-0.05, 0) is 26.2 Å². The van der Waals surface area contributed by atoms with Crippen LogP contribution in [0.5, 0.6) is 0 Å². The first-order chi connectivity index (χ1) is 10.9. The number of carbonyl (C=O) groups excluding carboxylic acids is 1. The molecule has 0 spiro atoms. The van der Waals surface area contributed by atoms with Gasteiger partial charge in [-0.1, -0.05) is 36.8 Å². The van der Waals surface area contributed by atoms with E-state index in [9.17, 15) is 13.2 Å². The van der Waals surface area contributed by atoms with Gasteiger partial charge in [0.15, 0.2) is 9.84 Å². The second-order valence-electron chi connectivity index (χ2n) is 6.36. The predicted molar refractivity (Wildman–Crippen MR) is 96.8 cm³/mol. The summed E-state index contributed by atoms with van der Waals surface area (Å²) < 4.78 is 24.0. The number of nitrogens with zero attached hydrogens (tertiary/aromatic N) is 2. The summed E-state index contributed by atoms with van der Waals surface area (Å²) in [6.07, 6.45) is 6.83. The molecule has 128 valence electrons. The van der Waals surface area contributed by atoms with Crippen molar-refractivity contribution in [3.05, 3.63) is 11.1 Å². The normalized spacial score (nSPS) is 29.9. The molecule has 0 unspecified atom stereocenters. The van der Waals surface area contributed by atoms with Gasteiger partial charge in [-0.15, -0.1) is 0 Å². The number of thiocarbonyl (C=S) groups is 1. The molecule has 8 heteroatoms. The van der Waals surface area contributed by atoms with Gasteiger partial charge in [0.1, 0.15) is 4.32 Å². The Morgan fingerprint density at radius 1 is 1.35 bits per heavy atom. The van der Waals surface area contributed by atoms with Crippen LogP contribution in [-0.2, 0) is 14.6 Å². The zero-order chi connectivity index (χ0) is 16.6. The van der Waals surface area contributed by atoms with Gasteiger partial charge in [-0.3, -0.25) is 9.69 Å². The molecule has 1 amide bonds. The van der Waals surface area contributed by atoms with Gasteiger partial charge in [0.25, 0.3) is 5.91 Å². The number of hydrogen-bond acceptors (Lipinski definition) is 6. The topological polar surface area (TPSA) is 57.7 Å². The Kier molecular flexibility index (Phi) is 5.04. The van der Waals surface area contributed by atoms with Gasteiger partial charge >= 0.3 is 0 Å². The van der Waals surface area contributed by atoms with E-state index in [-0.39, 0.29) is 29.5 Å². The van der Waals surface area contributed by atoms with Crippen molar-refractivity contribution in [1.82, 2.24) is 9.80 Å². The maximum atomic E-state index is 12.7. The first kappa shape index (κ1) is 17.2. The van der Waals surface area contributed by atoms with Crippen LogP contribution in [0.1, 0.15) is 39.0 Å². The predicted octanol–water partition coefficient (Wildman–Crippen LogP) is 2.14. The average molecular weight is 375 g/mol. The van der Waals surface area contributed by atoms with Crippen LogP contribution in [0.3, 0.4) is 0 Å². The Hall–Kier alpha value is -0.600. The second kappa shape index (κ2) is 6.72. The minimum Gasteiger partial charge on any atom is -0.373 e. The molecule has 2 saturated heterocycles. The molecule has 3 aliphatic rings. The molecular formula is C15H22N2O3S3.